The van der Waals surface area contributed by atoms with Crippen molar-refractivity contribution >= 4 is 31.5 Å². The first-order chi connectivity index (χ1) is 33.7. The molecule has 2 aromatic heterocycles. The van der Waals surface area contributed by atoms with Gasteiger partial charge in [-0.2, -0.15) is 0 Å². The first kappa shape index (κ1) is 39.8. The van der Waals surface area contributed by atoms with Crippen LogP contribution in [0.1, 0.15) is 22.3 Å². The van der Waals surface area contributed by atoms with Crippen LogP contribution < -0.4 is 0 Å². The fourth-order valence-electron chi connectivity index (χ4n) is 10.7. The Kier molecular flexibility index (Phi) is 9.62. The fourth-order valence-corrected chi connectivity index (χ4v) is 12.0. The monoisotopic (exact) mass is 882 g/mol. The van der Waals surface area contributed by atoms with E-state index in [2.05, 4.69) is 255 Å². The molecule has 2 nitrogen and oxygen atoms in total. The molecule has 1 aliphatic rings. The van der Waals surface area contributed by atoms with Crippen LogP contribution in [0.5, 0.6) is 0 Å². The molecule has 0 amide bonds. The standard InChI is InChI=1S/C65H42N2S/c1-5-19-43(20-6-1)44-35-37-45(38-36-44)47-39-48(52-29-17-30-54-53-27-14-16-34-61(53)68-63(52)54)41-49(40-47)59-42-60(67-64(66-59)46-21-7-2-8-22-46)56-31-18-33-58-62(56)55-28-13-15-32-57(55)65(58,50-23-9-3-10-24-50)51-25-11-4-12-26-51/h1-42H. The molecule has 13 rings (SSSR count). The lowest BCUT2D eigenvalue weighted by Crippen LogP contribution is -2.28. The van der Waals surface area contributed by atoms with Crippen LogP contribution in [0.15, 0.2) is 255 Å². The van der Waals surface area contributed by atoms with E-state index in [1.807, 2.05) is 11.3 Å². The molecule has 0 saturated carbocycles. The smallest absolute Gasteiger partial charge is 0.160 e. The Labute approximate surface area is 400 Å². The molecule has 0 N–H and O–H groups in total. The van der Waals surface area contributed by atoms with Gasteiger partial charge >= 0.3 is 0 Å². The highest BCUT2D eigenvalue weighted by molar-refractivity contribution is 7.26. The van der Waals surface area contributed by atoms with Gasteiger partial charge in [0.2, 0.25) is 0 Å². The minimum atomic E-state index is -0.532. The van der Waals surface area contributed by atoms with E-state index in [-0.39, 0.29) is 0 Å². The topological polar surface area (TPSA) is 25.8 Å². The normalized spacial score (nSPS) is 12.5. The van der Waals surface area contributed by atoms with E-state index < -0.39 is 5.41 Å². The summed E-state index contributed by atoms with van der Waals surface area (Å²) >= 11 is 1.86. The lowest BCUT2D eigenvalue weighted by atomic mass is 9.67. The number of thiophene rings is 1. The zero-order chi connectivity index (χ0) is 45.0. The highest BCUT2D eigenvalue weighted by Crippen LogP contribution is 2.58. The number of benzene rings is 10. The Balaban J connectivity index is 1.06. The number of aromatic nitrogens is 2. The largest absolute Gasteiger partial charge is 0.228 e. The highest BCUT2D eigenvalue weighted by atomic mass is 32.1. The van der Waals surface area contributed by atoms with Crippen molar-refractivity contribution in [3.8, 4) is 78.4 Å². The van der Waals surface area contributed by atoms with Gasteiger partial charge in [-0.05, 0) is 97.1 Å². The Hall–Kier alpha value is -8.50. The van der Waals surface area contributed by atoms with Crippen molar-refractivity contribution in [3.63, 3.8) is 0 Å². The second kappa shape index (κ2) is 16.4. The number of hydrogen-bond acceptors (Lipinski definition) is 3. The summed E-state index contributed by atoms with van der Waals surface area (Å²) < 4.78 is 2.57. The van der Waals surface area contributed by atoms with Crippen LogP contribution in [0.3, 0.4) is 0 Å². The van der Waals surface area contributed by atoms with Gasteiger partial charge in [0.15, 0.2) is 5.82 Å². The van der Waals surface area contributed by atoms with Gasteiger partial charge in [-0.3, -0.25) is 0 Å². The first-order valence-electron chi connectivity index (χ1n) is 23.2. The molecule has 2 heterocycles. The molecule has 0 saturated heterocycles. The van der Waals surface area contributed by atoms with Crippen LogP contribution in [0.2, 0.25) is 0 Å². The van der Waals surface area contributed by atoms with Crippen LogP contribution in [-0.2, 0) is 5.41 Å². The van der Waals surface area contributed by atoms with E-state index >= 15 is 0 Å². The second-order valence-corrected chi connectivity index (χ2v) is 18.7. The van der Waals surface area contributed by atoms with Crippen molar-refractivity contribution in [2.75, 3.05) is 0 Å². The molecule has 0 atom stereocenters. The quantitative estimate of drug-likeness (QED) is 0.152. The van der Waals surface area contributed by atoms with E-state index in [0.29, 0.717) is 5.82 Å². The predicted octanol–water partition coefficient (Wildman–Crippen LogP) is 17.2. The van der Waals surface area contributed by atoms with Crippen molar-refractivity contribution in [3.05, 3.63) is 277 Å². The summed E-state index contributed by atoms with van der Waals surface area (Å²) in [6, 6.07) is 92.4. The Morgan fingerprint density at radius 3 is 1.54 bits per heavy atom. The zero-order valence-electron chi connectivity index (χ0n) is 37.1. The molecule has 0 radical (unpaired) electrons. The summed E-state index contributed by atoms with van der Waals surface area (Å²) in [6.07, 6.45) is 0. The first-order valence-corrected chi connectivity index (χ1v) is 24.0. The van der Waals surface area contributed by atoms with Crippen LogP contribution in [0.25, 0.3) is 98.6 Å². The third kappa shape index (κ3) is 6.54. The van der Waals surface area contributed by atoms with E-state index in [0.717, 1.165) is 44.8 Å². The Morgan fingerprint density at radius 1 is 0.309 bits per heavy atom. The molecule has 12 aromatic rings. The number of hydrogen-bond donors (Lipinski definition) is 0. The molecule has 0 bridgehead atoms. The summed E-state index contributed by atoms with van der Waals surface area (Å²) in [6.45, 7) is 0. The second-order valence-electron chi connectivity index (χ2n) is 17.6. The fraction of sp³-hybridized carbons (Fsp3) is 0.0154. The highest BCUT2D eigenvalue weighted by Gasteiger charge is 2.46. The molecule has 68 heavy (non-hydrogen) atoms. The molecule has 0 spiro atoms. The predicted molar refractivity (Wildman–Crippen MR) is 285 cm³/mol. The third-order valence-corrected chi connectivity index (χ3v) is 15.0. The molecule has 10 aromatic carbocycles. The maximum atomic E-state index is 5.50. The number of nitrogens with zero attached hydrogens (tertiary/aromatic N) is 2. The summed E-state index contributed by atoms with van der Waals surface area (Å²) in [7, 11) is 0. The SMILES string of the molecule is c1ccc(-c2ccc(-c3cc(-c4cc(-c5cccc6c5-c5ccccc5C6(c5ccccc5)c5ccccc5)nc(-c5ccccc5)n4)cc(-c4cccc5c4sc4ccccc45)c3)cc2)cc1. The lowest BCUT2D eigenvalue weighted by Gasteiger charge is -2.33. The minimum Gasteiger partial charge on any atom is -0.228 e. The molecule has 0 aliphatic heterocycles. The molecule has 0 unspecified atom stereocenters. The van der Waals surface area contributed by atoms with E-state index in [1.54, 1.807) is 0 Å². The van der Waals surface area contributed by atoms with Gasteiger partial charge in [-0.15, -0.1) is 11.3 Å². The van der Waals surface area contributed by atoms with Crippen molar-refractivity contribution in [1.29, 1.82) is 0 Å². The number of rotatable bonds is 8. The van der Waals surface area contributed by atoms with Gasteiger partial charge in [0.05, 0.1) is 16.8 Å². The van der Waals surface area contributed by atoms with Crippen LogP contribution in [0, 0.1) is 0 Å². The molecular formula is C65H42N2S. The molecule has 3 heteroatoms. The molecule has 1 aliphatic carbocycles. The van der Waals surface area contributed by atoms with Gasteiger partial charge in [0.25, 0.3) is 0 Å². The van der Waals surface area contributed by atoms with Gasteiger partial charge in [0, 0.05) is 36.9 Å². The summed E-state index contributed by atoms with van der Waals surface area (Å²) in [5.74, 6) is 0.685. The maximum absolute atomic E-state index is 5.50. The van der Waals surface area contributed by atoms with Gasteiger partial charge in [0.1, 0.15) is 0 Å². The molecule has 0 fully saturated rings. The average molecular weight is 883 g/mol. The lowest BCUT2D eigenvalue weighted by molar-refractivity contribution is 0.768. The Morgan fingerprint density at radius 2 is 0.809 bits per heavy atom. The van der Waals surface area contributed by atoms with Crippen molar-refractivity contribution in [2.45, 2.75) is 5.41 Å². The summed E-state index contributed by atoms with van der Waals surface area (Å²) in [5.41, 5.74) is 18.7. The Bertz CT molecular complexity index is 3780. The molecular weight excluding hydrogens is 841 g/mol. The number of fused-ring (bicyclic) bond motifs is 6. The van der Waals surface area contributed by atoms with E-state index in [9.17, 15) is 0 Å². The van der Waals surface area contributed by atoms with Gasteiger partial charge < -0.3 is 0 Å². The van der Waals surface area contributed by atoms with E-state index in [1.165, 1.54) is 70.2 Å². The van der Waals surface area contributed by atoms with Crippen LogP contribution >= 0.6 is 11.3 Å². The minimum absolute atomic E-state index is 0.532. The van der Waals surface area contributed by atoms with Crippen LogP contribution in [0.4, 0.5) is 0 Å². The van der Waals surface area contributed by atoms with Crippen molar-refractivity contribution in [2.24, 2.45) is 0 Å². The van der Waals surface area contributed by atoms with Crippen molar-refractivity contribution < 1.29 is 0 Å². The maximum Gasteiger partial charge on any atom is 0.160 e. The summed E-state index contributed by atoms with van der Waals surface area (Å²) in [5, 5.41) is 2.56. The average Bonchev–Trinajstić information content (AvgIpc) is 3.96. The zero-order valence-corrected chi connectivity index (χ0v) is 37.9. The van der Waals surface area contributed by atoms with E-state index in [4.69, 9.17) is 9.97 Å². The third-order valence-electron chi connectivity index (χ3n) is 13.8. The van der Waals surface area contributed by atoms with Crippen molar-refractivity contribution in [1.82, 2.24) is 9.97 Å². The van der Waals surface area contributed by atoms with Gasteiger partial charge in [-0.1, -0.05) is 224 Å². The summed E-state index contributed by atoms with van der Waals surface area (Å²) in [4.78, 5) is 11.0. The molecule has 318 valence electrons. The van der Waals surface area contributed by atoms with Crippen LogP contribution in [-0.4, -0.2) is 9.97 Å². The van der Waals surface area contributed by atoms with Gasteiger partial charge in [-0.25, -0.2) is 9.97 Å².